The summed E-state index contributed by atoms with van der Waals surface area (Å²) in [5, 5.41) is 96.2. The first-order valence-electron chi connectivity index (χ1n) is 22.6. The van der Waals surface area contributed by atoms with E-state index in [1.807, 2.05) is 0 Å². The predicted molar refractivity (Wildman–Crippen MR) is 205 cm³/mol. The topological polar surface area (TPSA) is 273 Å². The molecule has 1 spiro atoms. The molecule has 4 saturated carbocycles. The summed E-state index contributed by atoms with van der Waals surface area (Å²) in [6, 6.07) is 0. The summed E-state index contributed by atoms with van der Waals surface area (Å²) in [4.78, 5) is 14.4. The number of Topliss-reactive ketones (excluding diaryl/α,β-unsaturated/α-hetero) is 1. The number of hydrogen-bond acceptors (Lipinski definition) is 18. The molecule has 9 aliphatic rings. The Balaban J connectivity index is 0.888. The van der Waals surface area contributed by atoms with Gasteiger partial charge in [0.1, 0.15) is 66.8 Å². The van der Waals surface area contributed by atoms with Crippen molar-refractivity contribution in [3.8, 4) is 0 Å². The van der Waals surface area contributed by atoms with Crippen LogP contribution in [0.5, 0.6) is 0 Å². The van der Waals surface area contributed by atoms with E-state index in [1.54, 1.807) is 0 Å². The first-order valence-corrected chi connectivity index (χ1v) is 22.6. The van der Waals surface area contributed by atoms with Crippen LogP contribution < -0.4 is 0 Å². The minimum Gasteiger partial charge on any atom is -0.390 e. The average Bonchev–Trinajstić information content (AvgIpc) is 3.67. The van der Waals surface area contributed by atoms with Crippen molar-refractivity contribution in [2.75, 3.05) is 26.4 Å². The molecule has 0 aromatic carbocycles. The van der Waals surface area contributed by atoms with Crippen molar-refractivity contribution in [1.29, 1.82) is 0 Å². The Morgan fingerprint density at radius 1 is 0.705 bits per heavy atom. The monoisotopic (exact) mass is 872 g/mol. The summed E-state index contributed by atoms with van der Waals surface area (Å²) >= 11 is 0. The normalized spacial score (nSPS) is 58.5. The van der Waals surface area contributed by atoms with Gasteiger partial charge >= 0.3 is 0 Å². The number of carbonyl (C=O) groups is 1. The van der Waals surface area contributed by atoms with Gasteiger partial charge in [0.15, 0.2) is 24.7 Å². The SMILES string of the molecule is C[C@@H]1CC[C@@]2(OC1)O[C@H]1C[C@H]3[C@@H]4CC(=O)[C@H]5C[C@@H](O[C@@H]6O[C@H](CO[C@@H]7OC[C@H](O)[C@H](O)[C@H]7O)[C@@H](O[C@@H]7OC[C@@H](O)[C@H](O)[C@H]7O)[C@H](O)[C@H]6O)[C@@H](O)C[C@]5(C)[C@H]4CC[C@]3(C)[C@H]1[C@@H]2C. The van der Waals surface area contributed by atoms with E-state index in [0.29, 0.717) is 30.8 Å². The minimum absolute atomic E-state index is 0.00518. The highest BCUT2D eigenvalue weighted by atomic mass is 16.8. The fourth-order valence-corrected chi connectivity index (χ4v) is 13.9. The van der Waals surface area contributed by atoms with Crippen molar-refractivity contribution in [2.45, 2.75) is 183 Å². The van der Waals surface area contributed by atoms with Crippen LogP contribution in [0.3, 0.4) is 0 Å². The maximum Gasteiger partial charge on any atom is 0.187 e. The van der Waals surface area contributed by atoms with Gasteiger partial charge in [-0.05, 0) is 78.9 Å². The minimum atomic E-state index is -1.79. The molecule has 4 aliphatic carbocycles. The molecule has 9 fully saturated rings. The van der Waals surface area contributed by atoms with E-state index in [9.17, 15) is 50.8 Å². The van der Waals surface area contributed by atoms with Gasteiger partial charge in [-0.1, -0.05) is 27.7 Å². The van der Waals surface area contributed by atoms with Crippen LogP contribution in [0.1, 0.15) is 79.1 Å². The lowest BCUT2D eigenvalue weighted by molar-refractivity contribution is -0.364. The molecule has 61 heavy (non-hydrogen) atoms. The van der Waals surface area contributed by atoms with Gasteiger partial charge in [-0.3, -0.25) is 4.79 Å². The van der Waals surface area contributed by atoms with Gasteiger partial charge in [-0.25, -0.2) is 0 Å². The molecule has 9 N–H and O–H groups in total. The Kier molecular flexibility index (Phi) is 12.4. The lowest BCUT2D eigenvalue weighted by Gasteiger charge is -2.61. The van der Waals surface area contributed by atoms with Crippen molar-refractivity contribution in [2.24, 2.45) is 52.3 Å². The second kappa shape index (κ2) is 16.7. The molecular formula is C43H68O18. The molecule has 9 rings (SSSR count). The second-order valence-corrected chi connectivity index (χ2v) is 20.8. The Morgan fingerprint density at radius 2 is 1.38 bits per heavy atom. The molecule has 26 atom stereocenters. The predicted octanol–water partition coefficient (Wildman–Crippen LogP) is -1.31. The fourth-order valence-electron chi connectivity index (χ4n) is 13.9. The molecule has 5 saturated heterocycles. The number of rotatable bonds is 7. The van der Waals surface area contributed by atoms with E-state index in [4.69, 9.17) is 37.9 Å². The summed E-state index contributed by atoms with van der Waals surface area (Å²) in [6.45, 7) is 8.51. The lowest BCUT2D eigenvalue weighted by atomic mass is 9.43. The Hall–Kier alpha value is -1.01. The van der Waals surface area contributed by atoms with Crippen molar-refractivity contribution in [3.05, 3.63) is 0 Å². The molecule has 0 amide bonds. The van der Waals surface area contributed by atoms with Crippen LogP contribution >= 0.6 is 0 Å². The van der Waals surface area contributed by atoms with Crippen LogP contribution in [-0.2, 0) is 42.7 Å². The quantitative estimate of drug-likeness (QED) is 0.135. The Bertz CT molecular complexity index is 1580. The summed E-state index contributed by atoms with van der Waals surface area (Å²) in [5.41, 5.74) is -0.501. The highest BCUT2D eigenvalue weighted by Crippen LogP contribution is 2.71. The van der Waals surface area contributed by atoms with Gasteiger partial charge in [-0.2, -0.15) is 0 Å². The second-order valence-electron chi connectivity index (χ2n) is 20.8. The fraction of sp³-hybridized carbons (Fsp3) is 0.977. The maximum atomic E-state index is 14.4. The summed E-state index contributed by atoms with van der Waals surface area (Å²) < 4.78 is 48.2. The van der Waals surface area contributed by atoms with Crippen LogP contribution in [0.25, 0.3) is 0 Å². The smallest absolute Gasteiger partial charge is 0.187 e. The zero-order valence-electron chi connectivity index (χ0n) is 35.5. The van der Waals surface area contributed by atoms with E-state index in [1.165, 1.54) is 0 Å². The van der Waals surface area contributed by atoms with Crippen molar-refractivity contribution in [3.63, 3.8) is 0 Å². The molecule has 0 aromatic heterocycles. The third kappa shape index (κ3) is 7.48. The van der Waals surface area contributed by atoms with Crippen LogP contribution in [0.2, 0.25) is 0 Å². The van der Waals surface area contributed by atoms with Crippen molar-refractivity contribution in [1.82, 2.24) is 0 Å². The molecular weight excluding hydrogens is 804 g/mol. The molecule has 18 nitrogen and oxygen atoms in total. The van der Waals surface area contributed by atoms with Crippen molar-refractivity contribution < 1.29 is 88.6 Å². The summed E-state index contributed by atoms with van der Waals surface area (Å²) in [5.74, 6) is 0.952. The summed E-state index contributed by atoms with van der Waals surface area (Å²) in [7, 11) is 0. The van der Waals surface area contributed by atoms with E-state index < -0.39 is 122 Å². The van der Waals surface area contributed by atoms with Gasteiger partial charge in [0, 0.05) is 24.7 Å². The first kappa shape index (κ1) is 45.2. The summed E-state index contributed by atoms with van der Waals surface area (Å²) in [6.07, 6.45) is -16.7. The van der Waals surface area contributed by atoms with Crippen LogP contribution in [0, 0.1) is 52.3 Å². The molecule has 0 aromatic rings. The highest BCUT2D eigenvalue weighted by Gasteiger charge is 2.70. The Labute approximate surface area is 355 Å². The van der Waals surface area contributed by atoms with Crippen molar-refractivity contribution >= 4 is 5.78 Å². The van der Waals surface area contributed by atoms with E-state index in [0.717, 1.165) is 32.1 Å². The van der Waals surface area contributed by atoms with Crippen LogP contribution in [0.4, 0.5) is 0 Å². The lowest BCUT2D eigenvalue weighted by Crippen LogP contribution is -2.65. The number of ether oxygens (including phenoxy) is 8. The zero-order chi connectivity index (χ0) is 43.5. The standard InChI is InChI=1S/C43H68O18/c1-17-5-8-43(57-13-17)18(2)30-28(61-43)10-21-19-9-23(44)22-11-27(24(45)12-42(22,4)20(19)6-7-41(21,30)3)58-40-36(53)33(50)37(60-39-35(52)32(49)26(47)15-55-39)29(59-40)16-56-38-34(51)31(48)25(46)14-54-38/h17-22,24-40,45-53H,5-16H2,1-4H3/t17-,18+,19-,20+,21+,22-,24+,25+,26-,27-,28+,29-,30+,31+,32+,33-,34-,35-,36-,37-,38+,39+,40-,41+,42-,43-/m1/s1. The van der Waals surface area contributed by atoms with Gasteiger partial charge in [0.05, 0.1) is 44.7 Å². The van der Waals surface area contributed by atoms with Gasteiger partial charge in [-0.15, -0.1) is 0 Å². The first-order chi connectivity index (χ1) is 28.9. The van der Waals surface area contributed by atoms with E-state index >= 15 is 0 Å². The molecule has 5 aliphatic heterocycles. The zero-order valence-corrected chi connectivity index (χ0v) is 35.5. The maximum absolute atomic E-state index is 14.4. The number of carbonyl (C=O) groups excluding carboxylic acids is 1. The van der Waals surface area contributed by atoms with E-state index in [2.05, 4.69) is 27.7 Å². The van der Waals surface area contributed by atoms with Gasteiger partial charge in [0.25, 0.3) is 0 Å². The average molecular weight is 873 g/mol. The van der Waals surface area contributed by atoms with Crippen LogP contribution in [-0.4, -0.2) is 182 Å². The third-order valence-electron chi connectivity index (χ3n) is 17.3. The number of fused-ring (bicyclic) bond motifs is 7. The van der Waals surface area contributed by atoms with Gasteiger partial charge in [0.2, 0.25) is 0 Å². The molecule has 348 valence electrons. The Morgan fingerprint density at radius 3 is 2.07 bits per heavy atom. The molecule has 0 radical (unpaired) electrons. The number of ketones is 1. The van der Waals surface area contributed by atoms with E-state index in [-0.39, 0.29) is 54.5 Å². The number of aliphatic hydroxyl groups excluding tert-OH is 9. The van der Waals surface area contributed by atoms with Crippen LogP contribution in [0.15, 0.2) is 0 Å². The molecule has 0 bridgehead atoms. The molecule has 5 heterocycles. The largest absolute Gasteiger partial charge is 0.390 e. The number of hydrogen-bond donors (Lipinski definition) is 9. The molecule has 0 unspecified atom stereocenters. The third-order valence-corrected chi connectivity index (χ3v) is 17.3. The van der Waals surface area contributed by atoms with Gasteiger partial charge < -0.3 is 83.9 Å². The molecule has 18 heteroatoms. The number of aliphatic hydroxyl groups is 9. The highest BCUT2D eigenvalue weighted by molar-refractivity contribution is 5.83.